The third-order valence-corrected chi connectivity index (χ3v) is 4.88. The number of hydrogen-bond acceptors (Lipinski definition) is 8. The second kappa shape index (κ2) is 6.14. The Labute approximate surface area is 128 Å². The summed E-state index contributed by atoms with van der Waals surface area (Å²) in [7, 11) is 0. The van der Waals surface area contributed by atoms with Crippen molar-refractivity contribution in [1.82, 2.24) is 5.32 Å². The molecule has 2 heterocycles. The van der Waals surface area contributed by atoms with Gasteiger partial charge in [-0.2, -0.15) is 0 Å². The third kappa shape index (κ3) is 2.59. The monoisotopic (exact) mass is 317 g/mol. The molecule has 0 saturated carbocycles. The largest absolute Gasteiger partial charge is 0.392 e. The first kappa shape index (κ1) is 16.3. The molecule has 0 aromatic rings. The summed E-state index contributed by atoms with van der Waals surface area (Å²) in [6, 6.07) is -1.19. The molecule has 8 heteroatoms. The predicted octanol–water partition coefficient (Wildman–Crippen LogP) is -2.92. The van der Waals surface area contributed by atoms with Crippen molar-refractivity contribution in [2.24, 2.45) is 5.92 Å². The van der Waals surface area contributed by atoms with Crippen LogP contribution in [0.25, 0.3) is 0 Å². The van der Waals surface area contributed by atoms with Gasteiger partial charge in [-0.25, -0.2) is 0 Å². The molecule has 2 saturated heterocycles. The summed E-state index contributed by atoms with van der Waals surface area (Å²) in [4.78, 5) is 0. The molecule has 22 heavy (non-hydrogen) atoms. The molecule has 0 aromatic heterocycles. The quantitative estimate of drug-likeness (QED) is 0.305. The summed E-state index contributed by atoms with van der Waals surface area (Å²) < 4.78 is 10.7. The van der Waals surface area contributed by atoms with E-state index in [4.69, 9.17) is 9.47 Å². The van der Waals surface area contributed by atoms with Crippen molar-refractivity contribution < 1.29 is 35.0 Å². The minimum absolute atomic E-state index is 0.244. The van der Waals surface area contributed by atoms with Gasteiger partial charge >= 0.3 is 0 Å². The SMILES string of the molecule is CC1[C@H](O)C(CO)=C[C@@H](N[C@H]2C(O)[C@@H](O)[C@H]3OC[C@@H]2O3)[C@@H]1O. The molecule has 9 atom stereocenters. The van der Waals surface area contributed by atoms with Gasteiger partial charge in [-0.3, -0.25) is 0 Å². The Hall–Kier alpha value is -0.580. The molecule has 0 spiro atoms. The van der Waals surface area contributed by atoms with Crippen LogP contribution < -0.4 is 5.32 Å². The van der Waals surface area contributed by atoms with Gasteiger partial charge in [0, 0.05) is 5.92 Å². The van der Waals surface area contributed by atoms with E-state index in [2.05, 4.69) is 5.32 Å². The van der Waals surface area contributed by atoms with Crippen molar-refractivity contribution in [2.45, 2.75) is 55.8 Å². The lowest BCUT2D eigenvalue weighted by Gasteiger charge is -2.41. The van der Waals surface area contributed by atoms with Gasteiger partial charge in [-0.05, 0) is 5.57 Å². The zero-order valence-electron chi connectivity index (χ0n) is 12.2. The molecule has 3 rings (SSSR count). The van der Waals surface area contributed by atoms with Gasteiger partial charge in [0.1, 0.15) is 18.3 Å². The number of nitrogens with one attached hydrogen (secondary N) is 1. The van der Waals surface area contributed by atoms with Crippen LogP contribution in [0.2, 0.25) is 0 Å². The zero-order chi connectivity index (χ0) is 16.0. The molecule has 1 aliphatic carbocycles. The standard InChI is InChI=1S/C14H23NO7/c1-5-10(17)6(3-16)2-7(11(5)18)15-9-8-4-21-14(22-8)13(20)12(9)19/h2,5,7-20H,3-4H2,1H3/t5?,7-,8+,9-,10+,11-,12?,13-,14+/m1/s1. The maximum Gasteiger partial charge on any atom is 0.186 e. The van der Waals surface area contributed by atoms with Gasteiger partial charge in [-0.1, -0.05) is 13.0 Å². The van der Waals surface area contributed by atoms with E-state index in [1.165, 1.54) is 0 Å². The second-order valence-corrected chi connectivity index (χ2v) is 6.27. The number of hydrogen-bond donors (Lipinski definition) is 6. The molecule has 2 fully saturated rings. The van der Waals surface area contributed by atoms with Crippen LogP contribution in [0.3, 0.4) is 0 Å². The van der Waals surface area contributed by atoms with Crippen molar-refractivity contribution in [1.29, 1.82) is 0 Å². The first-order valence-electron chi connectivity index (χ1n) is 7.51. The summed E-state index contributed by atoms with van der Waals surface area (Å²) in [6.45, 7) is 1.62. The second-order valence-electron chi connectivity index (χ2n) is 6.27. The van der Waals surface area contributed by atoms with E-state index in [0.717, 1.165) is 0 Å². The average molecular weight is 317 g/mol. The third-order valence-electron chi connectivity index (χ3n) is 4.88. The first-order chi connectivity index (χ1) is 10.4. The maximum atomic E-state index is 10.3. The molecule has 0 aromatic carbocycles. The van der Waals surface area contributed by atoms with Crippen LogP contribution in [0.4, 0.5) is 0 Å². The van der Waals surface area contributed by atoms with E-state index in [9.17, 15) is 25.5 Å². The normalized spacial score (nSPS) is 51.7. The lowest BCUT2D eigenvalue weighted by Crippen LogP contribution is -2.64. The minimum atomic E-state index is -1.17. The Morgan fingerprint density at radius 3 is 2.59 bits per heavy atom. The Morgan fingerprint density at radius 2 is 1.91 bits per heavy atom. The molecule has 2 aliphatic heterocycles. The van der Waals surface area contributed by atoms with Crippen LogP contribution in [0.1, 0.15) is 6.92 Å². The number of aliphatic hydroxyl groups excluding tert-OH is 5. The van der Waals surface area contributed by atoms with Crippen molar-refractivity contribution in [2.75, 3.05) is 13.2 Å². The fraction of sp³-hybridized carbons (Fsp3) is 0.857. The fourth-order valence-corrected chi connectivity index (χ4v) is 3.40. The van der Waals surface area contributed by atoms with Crippen molar-refractivity contribution in [3.05, 3.63) is 11.6 Å². The molecule has 2 unspecified atom stereocenters. The zero-order valence-corrected chi connectivity index (χ0v) is 12.2. The Balaban J connectivity index is 1.78. The lowest BCUT2D eigenvalue weighted by atomic mass is 9.81. The minimum Gasteiger partial charge on any atom is -0.392 e. The number of fused-ring (bicyclic) bond motifs is 2. The van der Waals surface area contributed by atoms with Crippen LogP contribution in [0.5, 0.6) is 0 Å². The van der Waals surface area contributed by atoms with Gasteiger partial charge in [0.2, 0.25) is 0 Å². The fourth-order valence-electron chi connectivity index (χ4n) is 3.40. The van der Waals surface area contributed by atoms with Crippen LogP contribution in [0.15, 0.2) is 11.6 Å². The Kier molecular flexibility index (Phi) is 4.54. The van der Waals surface area contributed by atoms with E-state index < -0.39 is 54.8 Å². The van der Waals surface area contributed by atoms with Crippen molar-refractivity contribution in [3.8, 4) is 0 Å². The molecule has 3 aliphatic rings. The highest BCUT2D eigenvalue weighted by molar-refractivity contribution is 5.21. The molecule has 0 radical (unpaired) electrons. The summed E-state index contributed by atoms with van der Waals surface area (Å²) >= 11 is 0. The molecular formula is C14H23NO7. The first-order valence-corrected chi connectivity index (χ1v) is 7.51. The highest BCUT2D eigenvalue weighted by Crippen LogP contribution is 2.30. The van der Waals surface area contributed by atoms with Crippen LogP contribution >= 0.6 is 0 Å². The topological polar surface area (TPSA) is 132 Å². The lowest BCUT2D eigenvalue weighted by molar-refractivity contribution is -0.204. The smallest absolute Gasteiger partial charge is 0.186 e. The molecular weight excluding hydrogens is 294 g/mol. The van der Waals surface area contributed by atoms with Crippen LogP contribution in [0, 0.1) is 5.92 Å². The molecule has 6 N–H and O–H groups in total. The van der Waals surface area contributed by atoms with E-state index in [-0.39, 0.29) is 13.2 Å². The van der Waals surface area contributed by atoms with Gasteiger partial charge < -0.3 is 40.3 Å². The predicted molar refractivity (Wildman–Crippen MR) is 73.7 cm³/mol. The van der Waals surface area contributed by atoms with E-state index in [0.29, 0.717) is 5.57 Å². The molecule has 0 amide bonds. The molecule has 2 bridgehead atoms. The molecule has 126 valence electrons. The van der Waals surface area contributed by atoms with Gasteiger partial charge in [0.15, 0.2) is 6.29 Å². The summed E-state index contributed by atoms with van der Waals surface area (Å²) in [6.07, 6.45) is -3.74. The van der Waals surface area contributed by atoms with Gasteiger partial charge in [0.25, 0.3) is 0 Å². The summed E-state index contributed by atoms with van der Waals surface area (Å²) in [5, 5.41) is 52.8. The average Bonchev–Trinajstić information content (AvgIpc) is 2.96. The van der Waals surface area contributed by atoms with Crippen molar-refractivity contribution in [3.63, 3.8) is 0 Å². The highest BCUT2D eigenvalue weighted by atomic mass is 16.7. The maximum absolute atomic E-state index is 10.3. The number of ether oxygens (including phenoxy) is 2. The highest BCUT2D eigenvalue weighted by Gasteiger charge is 2.50. The summed E-state index contributed by atoms with van der Waals surface area (Å²) in [5.74, 6) is -0.469. The van der Waals surface area contributed by atoms with Crippen molar-refractivity contribution >= 4 is 0 Å². The Bertz CT molecular complexity index is 445. The van der Waals surface area contributed by atoms with E-state index in [1.807, 2.05) is 0 Å². The van der Waals surface area contributed by atoms with Crippen LogP contribution in [-0.2, 0) is 9.47 Å². The summed E-state index contributed by atoms with van der Waals surface area (Å²) in [5.41, 5.74) is 0.419. The van der Waals surface area contributed by atoms with Crippen LogP contribution in [-0.4, -0.2) is 87.6 Å². The number of rotatable bonds is 3. The number of aliphatic hydroxyl groups is 5. The van der Waals surface area contributed by atoms with E-state index >= 15 is 0 Å². The van der Waals surface area contributed by atoms with Gasteiger partial charge in [0.05, 0.1) is 37.5 Å². The van der Waals surface area contributed by atoms with E-state index in [1.54, 1.807) is 13.0 Å². The Morgan fingerprint density at radius 1 is 1.18 bits per heavy atom. The molecule has 8 nitrogen and oxygen atoms in total. The van der Waals surface area contributed by atoms with Gasteiger partial charge in [-0.15, -0.1) is 0 Å².